The van der Waals surface area contributed by atoms with Crippen molar-refractivity contribution in [3.8, 4) is 0 Å². The minimum Gasteiger partial charge on any atom is -0.458 e. The molecule has 3 rings (SSSR count). The number of hydrogen-bond acceptors (Lipinski definition) is 5. The van der Waals surface area contributed by atoms with Gasteiger partial charge in [0, 0.05) is 30.1 Å². The number of carbonyl (C=O) groups is 1. The molecule has 0 radical (unpaired) electrons. The molecule has 3 unspecified atom stereocenters. The highest BCUT2D eigenvalue weighted by Crippen LogP contribution is 2.53. The summed E-state index contributed by atoms with van der Waals surface area (Å²) in [4.78, 5) is 22.3. The molecular weight excluding hydrogens is 274 g/mol. The van der Waals surface area contributed by atoms with Crippen LogP contribution in [0.5, 0.6) is 0 Å². The predicted molar refractivity (Wildman–Crippen MR) is 73.9 cm³/mol. The van der Waals surface area contributed by atoms with Crippen molar-refractivity contribution < 1.29 is 19.2 Å². The van der Waals surface area contributed by atoms with Gasteiger partial charge in [-0.15, -0.1) is 0 Å². The van der Waals surface area contributed by atoms with Gasteiger partial charge in [0.25, 0.3) is 5.69 Å². The van der Waals surface area contributed by atoms with Crippen LogP contribution < -0.4 is 0 Å². The molecule has 1 aliphatic heterocycles. The van der Waals surface area contributed by atoms with Crippen molar-refractivity contribution in [2.45, 2.75) is 32.5 Å². The Morgan fingerprint density at radius 2 is 2.05 bits per heavy atom. The van der Waals surface area contributed by atoms with E-state index in [4.69, 9.17) is 9.47 Å². The lowest BCUT2D eigenvalue weighted by molar-refractivity contribution is -0.384. The molecule has 6 heteroatoms. The average molecular weight is 291 g/mol. The highest BCUT2D eigenvalue weighted by molar-refractivity contribution is 5.89. The number of fused-ring (bicyclic) bond motifs is 1. The maximum Gasteiger partial charge on any atom is 0.338 e. The fourth-order valence-corrected chi connectivity index (χ4v) is 3.42. The zero-order chi connectivity index (χ0) is 15.2. The van der Waals surface area contributed by atoms with Gasteiger partial charge in [-0.25, -0.2) is 4.79 Å². The highest BCUT2D eigenvalue weighted by atomic mass is 16.6. The number of nitrogens with zero attached hydrogens (tertiary/aromatic N) is 1. The van der Waals surface area contributed by atoms with Crippen molar-refractivity contribution in [1.82, 2.24) is 0 Å². The van der Waals surface area contributed by atoms with E-state index >= 15 is 0 Å². The topological polar surface area (TPSA) is 78.7 Å². The van der Waals surface area contributed by atoms with E-state index in [1.165, 1.54) is 24.3 Å². The summed E-state index contributed by atoms with van der Waals surface area (Å²) >= 11 is 0. The van der Waals surface area contributed by atoms with Crippen molar-refractivity contribution >= 4 is 11.7 Å². The van der Waals surface area contributed by atoms with Crippen molar-refractivity contribution in [3.63, 3.8) is 0 Å². The number of ether oxygens (including phenoxy) is 2. The van der Waals surface area contributed by atoms with Crippen LogP contribution in [0, 0.1) is 21.4 Å². The van der Waals surface area contributed by atoms with Crippen LogP contribution in [0.25, 0.3) is 0 Å². The number of hydrogen-bond donors (Lipinski definition) is 0. The summed E-state index contributed by atoms with van der Waals surface area (Å²) in [6.45, 7) is 4.78. The standard InChI is InChI=1S/C15H17NO5/c1-15(2)12-11(7-8-20-12)13(15)21-14(17)9-3-5-10(6-4-9)16(18)19/h3-6,11-13H,7-8H2,1-2H3. The first kappa shape index (κ1) is 14.0. The van der Waals surface area contributed by atoms with Gasteiger partial charge in [-0.3, -0.25) is 10.1 Å². The number of nitro groups is 1. The molecule has 1 aliphatic carbocycles. The fraction of sp³-hybridized carbons (Fsp3) is 0.533. The third-order valence-corrected chi connectivity index (χ3v) is 4.54. The second-order valence-corrected chi connectivity index (χ2v) is 6.20. The van der Waals surface area contributed by atoms with Crippen molar-refractivity contribution in [1.29, 1.82) is 0 Å². The van der Waals surface area contributed by atoms with Gasteiger partial charge in [-0.1, -0.05) is 13.8 Å². The lowest BCUT2D eigenvalue weighted by atomic mass is 9.59. The van der Waals surface area contributed by atoms with Crippen LogP contribution >= 0.6 is 0 Å². The van der Waals surface area contributed by atoms with Crippen LogP contribution in [0.1, 0.15) is 30.6 Å². The molecule has 0 spiro atoms. The largest absolute Gasteiger partial charge is 0.458 e. The minimum atomic E-state index is -0.495. The van der Waals surface area contributed by atoms with E-state index in [0.717, 1.165) is 6.42 Å². The Balaban J connectivity index is 1.70. The van der Waals surface area contributed by atoms with Gasteiger partial charge < -0.3 is 9.47 Å². The Kier molecular flexibility index (Phi) is 3.20. The summed E-state index contributed by atoms with van der Waals surface area (Å²) in [5.41, 5.74) is 0.107. The van der Waals surface area contributed by atoms with E-state index in [0.29, 0.717) is 12.2 Å². The van der Waals surface area contributed by atoms with Gasteiger partial charge >= 0.3 is 5.97 Å². The number of carbonyl (C=O) groups excluding carboxylic acids is 1. The van der Waals surface area contributed by atoms with E-state index < -0.39 is 10.9 Å². The Hall–Kier alpha value is -1.95. The van der Waals surface area contributed by atoms with Crippen LogP contribution in [0.15, 0.2) is 24.3 Å². The van der Waals surface area contributed by atoms with Gasteiger partial charge in [0.1, 0.15) is 6.10 Å². The summed E-state index contributed by atoms with van der Waals surface area (Å²) in [5, 5.41) is 10.6. The molecule has 6 nitrogen and oxygen atoms in total. The summed E-state index contributed by atoms with van der Waals surface area (Å²) < 4.78 is 11.3. The van der Waals surface area contributed by atoms with Gasteiger partial charge in [-0.2, -0.15) is 0 Å². The van der Waals surface area contributed by atoms with E-state index in [1.54, 1.807) is 0 Å². The molecule has 0 aromatic heterocycles. The molecule has 1 heterocycles. The summed E-state index contributed by atoms with van der Waals surface area (Å²) in [6, 6.07) is 5.47. The first-order chi connectivity index (χ1) is 9.91. The SMILES string of the molecule is CC1(C)C2OCCC2C1OC(=O)c1ccc([N+](=O)[O-])cc1. The number of non-ortho nitro benzene ring substituents is 1. The summed E-state index contributed by atoms with van der Waals surface area (Å²) in [7, 11) is 0. The lowest BCUT2D eigenvalue weighted by Crippen LogP contribution is -2.61. The summed E-state index contributed by atoms with van der Waals surface area (Å²) in [6.07, 6.45) is 0.909. The van der Waals surface area contributed by atoms with Crippen LogP contribution in [0.3, 0.4) is 0 Å². The van der Waals surface area contributed by atoms with Gasteiger partial charge in [-0.05, 0) is 18.6 Å². The Bertz CT molecular complexity index is 580. The zero-order valence-corrected chi connectivity index (χ0v) is 11.9. The second-order valence-electron chi connectivity index (χ2n) is 6.20. The molecule has 1 saturated heterocycles. The van der Waals surface area contributed by atoms with Crippen LogP contribution in [-0.2, 0) is 9.47 Å². The van der Waals surface area contributed by atoms with Gasteiger partial charge in [0.05, 0.1) is 16.6 Å². The highest BCUT2D eigenvalue weighted by Gasteiger charge is 2.61. The molecular formula is C15H17NO5. The number of esters is 1. The van der Waals surface area contributed by atoms with Crippen molar-refractivity contribution in [2.24, 2.45) is 11.3 Å². The first-order valence-corrected chi connectivity index (χ1v) is 6.98. The molecule has 1 saturated carbocycles. The Labute approximate surface area is 122 Å². The van der Waals surface area contributed by atoms with E-state index in [1.807, 2.05) is 13.8 Å². The zero-order valence-electron chi connectivity index (χ0n) is 11.9. The van der Waals surface area contributed by atoms with Gasteiger partial charge in [0.15, 0.2) is 0 Å². The van der Waals surface area contributed by atoms with Crippen LogP contribution in [0.2, 0.25) is 0 Å². The van der Waals surface area contributed by atoms with E-state index in [-0.39, 0.29) is 29.2 Å². The molecule has 1 aromatic rings. The number of rotatable bonds is 3. The van der Waals surface area contributed by atoms with Crippen molar-refractivity contribution in [3.05, 3.63) is 39.9 Å². The number of nitro benzene ring substituents is 1. The molecule has 0 N–H and O–H groups in total. The maximum atomic E-state index is 12.2. The molecule has 1 aromatic carbocycles. The molecule has 2 fully saturated rings. The molecule has 2 aliphatic rings. The smallest absolute Gasteiger partial charge is 0.338 e. The lowest BCUT2D eigenvalue weighted by Gasteiger charge is -2.53. The first-order valence-electron chi connectivity index (χ1n) is 6.98. The fourth-order valence-electron chi connectivity index (χ4n) is 3.42. The third kappa shape index (κ3) is 2.19. The van der Waals surface area contributed by atoms with Crippen LogP contribution in [0.4, 0.5) is 5.69 Å². The Morgan fingerprint density at radius 1 is 1.38 bits per heavy atom. The molecule has 0 bridgehead atoms. The minimum absolute atomic E-state index is 0.0419. The molecule has 21 heavy (non-hydrogen) atoms. The monoisotopic (exact) mass is 291 g/mol. The summed E-state index contributed by atoms with van der Waals surface area (Å²) in [5.74, 6) is -0.171. The second kappa shape index (κ2) is 4.80. The van der Waals surface area contributed by atoms with Crippen LogP contribution in [-0.4, -0.2) is 29.7 Å². The average Bonchev–Trinajstić information content (AvgIpc) is 2.91. The van der Waals surface area contributed by atoms with Crippen molar-refractivity contribution in [2.75, 3.05) is 6.61 Å². The third-order valence-electron chi connectivity index (χ3n) is 4.54. The predicted octanol–water partition coefficient (Wildman–Crippen LogP) is 2.57. The van der Waals surface area contributed by atoms with Gasteiger partial charge in [0.2, 0.25) is 0 Å². The maximum absolute atomic E-state index is 12.2. The normalized spacial score (nSPS) is 29.3. The quantitative estimate of drug-likeness (QED) is 0.486. The van der Waals surface area contributed by atoms with E-state index in [9.17, 15) is 14.9 Å². The molecule has 3 atom stereocenters. The molecule has 0 amide bonds. The van der Waals surface area contributed by atoms with E-state index in [2.05, 4.69) is 0 Å². The Morgan fingerprint density at radius 3 is 2.67 bits per heavy atom. The number of benzene rings is 1. The molecule has 112 valence electrons.